The quantitative estimate of drug-likeness (QED) is 0.558. The summed E-state index contributed by atoms with van der Waals surface area (Å²) in [5.41, 5.74) is 2.20. The van der Waals surface area contributed by atoms with Crippen molar-refractivity contribution in [3.63, 3.8) is 0 Å². The molecule has 0 bridgehead atoms. The average molecular weight is 380 g/mol. The van der Waals surface area contributed by atoms with E-state index in [1.807, 2.05) is 6.07 Å². The third-order valence-corrected chi connectivity index (χ3v) is 5.70. The first-order chi connectivity index (χ1) is 12.5. The number of pyridine rings is 1. The summed E-state index contributed by atoms with van der Waals surface area (Å²) in [6, 6.07) is 3.91. The number of aryl methyl sites for hydroxylation is 1. The van der Waals surface area contributed by atoms with Gasteiger partial charge in [-0.3, -0.25) is 0 Å². The third kappa shape index (κ3) is 3.43. The predicted octanol–water partition coefficient (Wildman–Crippen LogP) is 0.721. The van der Waals surface area contributed by atoms with Gasteiger partial charge in [0.05, 0.1) is 12.2 Å². The van der Waals surface area contributed by atoms with Crippen molar-refractivity contribution in [2.75, 3.05) is 6.61 Å². The molecule has 1 aromatic rings. The molecular weight excluding hydrogens is 356 g/mol. The highest BCUT2D eigenvalue weighted by Gasteiger charge is 2.45. The van der Waals surface area contributed by atoms with Crippen molar-refractivity contribution in [2.24, 2.45) is 0 Å². The number of ether oxygens (including phenoxy) is 1. The van der Waals surface area contributed by atoms with Crippen LogP contribution >= 0.6 is 12.2 Å². The molecule has 0 unspecified atom stereocenters. The second-order valence-corrected chi connectivity index (χ2v) is 7.34. The second-order valence-electron chi connectivity index (χ2n) is 6.95. The van der Waals surface area contributed by atoms with Gasteiger partial charge in [-0.25, -0.2) is 0 Å². The molecule has 26 heavy (non-hydrogen) atoms. The Hall–Kier alpha value is -1.34. The van der Waals surface area contributed by atoms with Gasteiger partial charge in [-0.1, -0.05) is 25.1 Å². The number of fused-ring (bicyclic) bond motifs is 1. The highest BCUT2D eigenvalue weighted by Crippen LogP contribution is 2.33. The van der Waals surface area contributed by atoms with Gasteiger partial charge in [-0.15, -0.1) is 0 Å². The number of aromatic nitrogens is 1. The van der Waals surface area contributed by atoms with Crippen LogP contribution in [0, 0.1) is 16.0 Å². The summed E-state index contributed by atoms with van der Waals surface area (Å²) < 4.78 is 7.55. The molecule has 0 saturated carbocycles. The van der Waals surface area contributed by atoms with E-state index in [4.69, 9.17) is 17.0 Å². The molecule has 5 atom stereocenters. The monoisotopic (exact) mass is 380 g/mol. The molecule has 1 aromatic heterocycles. The van der Waals surface area contributed by atoms with E-state index in [1.54, 1.807) is 4.57 Å². The van der Waals surface area contributed by atoms with Crippen LogP contribution in [0.2, 0.25) is 0 Å². The van der Waals surface area contributed by atoms with Crippen LogP contribution in [0.15, 0.2) is 6.07 Å². The first-order valence-electron chi connectivity index (χ1n) is 8.97. The van der Waals surface area contributed by atoms with Gasteiger partial charge in [0.2, 0.25) is 0 Å². The summed E-state index contributed by atoms with van der Waals surface area (Å²) in [5.74, 6) is 0. The number of nitrogens with zero attached hydrogens (tertiary/aromatic N) is 2. The molecule has 4 N–H and O–H groups in total. The van der Waals surface area contributed by atoms with Crippen molar-refractivity contribution in [3.8, 4) is 6.07 Å². The minimum absolute atomic E-state index is 0.233. The molecule has 142 valence electrons. The highest BCUT2D eigenvalue weighted by molar-refractivity contribution is 7.71. The molecule has 2 heterocycles. The van der Waals surface area contributed by atoms with Gasteiger partial charge in [0.25, 0.3) is 0 Å². The second kappa shape index (κ2) is 8.13. The zero-order valence-corrected chi connectivity index (χ0v) is 15.2. The number of aliphatic hydroxyl groups is 4. The van der Waals surface area contributed by atoms with Gasteiger partial charge in [0, 0.05) is 5.69 Å². The molecule has 1 aliphatic carbocycles. The van der Waals surface area contributed by atoms with Gasteiger partial charge in [0.15, 0.2) is 6.23 Å². The Bertz CT molecular complexity index is 757. The van der Waals surface area contributed by atoms with E-state index in [9.17, 15) is 25.7 Å². The summed E-state index contributed by atoms with van der Waals surface area (Å²) in [7, 11) is 0. The molecular formula is C18H24N2O5S. The lowest BCUT2D eigenvalue weighted by atomic mass is 9.94. The lowest BCUT2D eigenvalue weighted by Gasteiger charge is -2.42. The fourth-order valence-corrected chi connectivity index (χ4v) is 4.15. The van der Waals surface area contributed by atoms with Crippen LogP contribution in [-0.4, -0.2) is 56.0 Å². The summed E-state index contributed by atoms with van der Waals surface area (Å²) in [5, 5.41) is 49.6. The topological polar surface area (TPSA) is 119 Å². The summed E-state index contributed by atoms with van der Waals surface area (Å²) in [6.07, 6.45) is -0.745. The highest BCUT2D eigenvalue weighted by atomic mass is 32.1. The fourth-order valence-electron chi connectivity index (χ4n) is 3.83. The maximum atomic E-state index is 10.5. The Morgan fingerprint density at radius 2 is 1.81 bits per heavy atom. The van der Waals surface area contributed by atoms with Gasteiger partial charge in [-0.2, -0.15) is 5.26 Å². The molecule has 2 aliphatic rings. The maximum Gasteiger partial charge on any atom is 0.164 e. The van der Waals surface area contributed by atoms with Gasteiger partial charge >= 0.3 is 0 Å². The van der Waals surface area contributed by atoms with Gasteiger partial charge in [0.1, 0.15) is 35.1 Å². The first kappa shape index (κ1) is 19.4. The lowest BCUT2D eigenvalue weighted by Crippen LogP contribution is -2.56. The average Bonchev–Trinajstić information content (AvgIpc) is 2.62. The SMILES string of the molecule is N#Cc1cc2c(n([C@H]3O[C@@H](CO)[C@@H](O)[C@@H](O)[C@H]3O)c1=S)CCCCCC2. The molecule has 1 aliphatic heterocycles. The van der Waals surface area contributed by atoms with Crippen LogP contribution in [-0.2, 0) is 17.6 Å². The van der Waals surface area contributed by atoms with Crippen molar-refractivity contribution in [2.45, 2.75) is 69.2 Å². The Labute approximate surface area is 157 Å². The van der Waals surface area contributed by atoms with Crippen molar-refractivity contribution in [1.29, 1.82) is 5.26 Å². The molecule has 1 saturated heterocycles. The predicted molar refractivity (Wildman–Crippen MR) is 94.9 cm³/mol. The molecule has 0 aromatic carbocycles. The molecule has 0 radical (unpaired) electrons. The van der Waals surface area contributed by atoms with Crippen LogP contribution in [0.1, 0.15) is 48.7 Å². The number of aliphatic hydroxyl groups excluding tert-OH is 4. The van der Waals surface area contributed by atoms with E-state index in [2.05, 4.69) is 6.07 Å². The Morgan fingerprint density at radius 1 is 1.12 bits per heavy atom. The normalized spacial score (nSPS) is 32.2. The van der Waals surface area contributed by atoms with Gasteiger partial charge in [-0.05, 0) is 37.3 Å². The molecule has 0 amide bonds. The molecule has 1 fully saturated rings. The van der Waals surface area contributed by atoms with E-state index >= 15 is 0 Å². The van der Waals surface area contributed by atoms with Crippen LogP contribution in [0.3, 0.4) is 0 Å². The molecule has 8 heteroatoms. The maximum absolute atomic E-state index is 10.5. The van der Waals surface area contributed by atoms with E-state index in [0.717, 1.165) is 49.8 Å². The van der Waals surface area contributed by atoms with Gasteiger partial charge < -0.3 is 29.7 Å². The molecule has 3 rings (SSSR count). The van der Waals surface area contributed by atoms with Crippen molar-refractivity contribution in [3.05, 3.63) is 27.5 Å². The minimum atomic E-state index is -1.48. The van der Waals surface area contributed by atoms with E-state index in [1.165, 1.54) is 0 Å². The fraction of sp³-hybridized carbons (Fsp3) is 0.667. The lowest BCUT2D eigenvalue weighted by molar-refractivity contribution is -0.252. The van der Waals surface area contributed by atoms with Crippen LogP contribution < -0.4 is 0 Å². The molecule has 7 nitrogen and oxygen atoms in total. The smallest absolute Gasteiger partial charge is 0.164 e. The van der Waals surface area contributed by atoms with Crippen LogP contribution in [0.25, 0.3) is 0 Å². The van der Waals surface area contributed by atoms with Crippen LogP contribution in [0.4, 0.5) is 0 Å². The zero-order valence-electron chi connectivity index (χ0n) is 14.4. The number of hydrogen-bond donors (Lipinski definition) is 4. The molecule has 0 spiro atoms. The van der Waals surface area contributed by atoms with E-state index < -0.39 is 37.3 Å². The van der Waals surface area contributed by atoms with Crippen molar-refractivity contribution >= 4 is 12.2 Å². The van der Waals surface area contributed by atoms with Crippen LogP contribution in [0.5, 0.6) is 0 Å². The van der Waals surface area contributed by atoms with Crippen molar-refractivity contribution < 1.29 is 25.2 Å². The largest absolute Gasteiger partial charge is 0.394 e. The standard InChI is InChI=1S/C18H24N2O5S/c19-8-11-7-10-5-3-1-2-4-6-12(10)20(18(11)26)17-16(24)15(23)14(22)13(9-21)25-17/h7,13-17,21-24H,1-6,9H2/t13-,14+,15+,16+,17-/m0/s1. The van der Waals surface area contributed by atoms with E-state index in [0.29, 0.717) is 5.56 Å². The zero-order chi connectivity index (χ0) is 18.8. The Kier molecular flexibility index (Phi) is 6.07. The Morgan fingerprint density at radius 3 is 2.46 bits per heavy atom. The first-order valence-corrected chi connectivity index (χ1v) is 9.38. The van der Waals surface area contributed by atoms with Crippen molar-refractivity contribution in [1.82, 2.24) is 4.57 Å². The third-order valence-electron chi connectivity index (χ3n) is 5.28. The minimum Gasteiger partial charge on any atom is -0.394 e. The Balaban J connectivity index is 2.15. The summed E-state index contributed by atoms with van der Waals surface area (Å²) in [6.45, 7) is -0.505. The number of nitriles is 1. The number of rotatable bonds is 2. The summed E-state index contributed by atoms with van der Waals surface area (Å²) in [4.78, 5) is 0. The summed E-state index contributed by atoms with van der Waals surface area (Å²) >= 11 is 5.47. The number of hydrogen-bond acceptors (Lipinski definition) is 7. The van der Waals surface area contributed by atoms with E-state index in [-0.39, 0.29) is 4.64 Å².